The SMILES string of the molecule is C=C(C)C(C(C)CC)N(O)C(=O)CC. The van der Waals surface area contributed by atoms with E-state index in [1.54, 1.807) is 6.92 Å². The Hall–Kier alpha value is -0.830. The molecule has 0 bridgehead atoms. The summed E-state index contributed by atoms with van der Waals surface area (Å²) >= 11 is 0. The second kappa shape index (κ2) is 5.81. The highest BCUT2D eigenvalue weighted by molar-refractivity contribution is 5.75. The van der Waals surface area contributed by atoms with Crippen molar-refractivity contribution >= 4 is 5.91 Å². The van der Waals surface area contributed by atoms with E-state index in [-0.39, 0.29) is 17.9 Å². The van der Waals surface area contributed by atoms with E-state index in [2.05, 4.69) is 6.58 Å². The number of amides is 1. The fourth-order valence-electron chi connectivity index (χ4n) is 1.48. The van der Waals surface area contributed by atoms with Crippen LogP contribution in [-0.2, 0) is 4.79 Å². The second-order valence-corrected chi connectivity index (χ2v) is 3.77. The zero-order chi connectivity index (χ0) is 11.3. The van der Waals surface area contributed by atoms with Gasteiger partial charge in [-0.15, -0.1) is 0 Å². The molecule has 0 heterocycles. The number of hydroxylamine groups is 2. The third-order valence-electron chi connectivity index (χ3n) is 2.51. The van der Waals surface area contributed by atoms with Gasteiger partial charge in [-0.25, -0.2) is 5.06 Å². The number of carbonyl (C=O) groups excluding carboxylic acids is 1. The summed E-state index contributed by atoms with van der Waals surface area (Å²) in [5.41, 5.74) is 0.823. The zero-order valence-electron chi connectivity index (χ0n) is 9.58. The molecule has 0 aromatic heterocycles. The van der Waals surface area contributed by atoms with Crippen LogP contribution in [0.25, 0.3) is 0 Å². The van der Waals surface area contributed by atoms with Crippen LogP contribution in [0.15, 0.2) is 12.2 Å². The highest BCUT2D eigenvalue weighted by Gasteiger charge is 2.25. The van der Waals surface area contributed by atoms with E-state index in [1.807, 2.05) is 20.8 Å². The van der Waals surface area contributed by atoms with Crippen molar-refractivity contribution in [1.82, 2.24) is 5.06 Å². The summed E-state index contributed by atoms with van der Waals surface area (Å²) in [6.07, 6.45) is 1.22. The molecule has 0 radical (unpaired) electrons. The van der Waals surface area contributed by atoms with Gasteiger partial charge in [-0.05, 0) is 12.8 Å². The average Bonchev–Trinajstić information content (AvgIpc) is 2.15. The third kappa shape index (κ3) is 3.14. The van der Waals surface area contributed by atoms with Gasteiger partial charge in [0.15, 0.2) is 0 Å². The molecular formula is C11H21NO2. The van der Waals surface area contributed by atoms with Crippen LogP contribution in [0.2, 0.25) is 0 Å². The molecule has 1 N–H and O–H groups in total. The van der Waals surface area contributed by atoms with Gasteiger partial charge in [0.25, 0.3) is 0 Å². The summed E-state index contributed by atoms with van der Waals surface area (Å²) in [5, 5.41) is 10.5. The molecule has 0 aliphatic heterocycles. The maximum atomic E-state index is 11.3. The van der Waals surface area contributed by atoms with Gasteiger partial charge in [0.2, 0.25) is 5.91 Å². The average molecular weight is 199 g/mol. The molecule has 14 heavy (non-hydrogen) atoms. The molecule has 1 amide bonds. The lowest BCUT2D eigenvalue weighted by Gasteiger charge is -2.30. The first-order valence-corrected chi connectivity index (χ1v) is 5.11. The first kappa shape index (κ1) is 13.2. The Morgan fingerprint density at radius 1 is 1.50 bits per heavy atom. The molecule has 0 aromatic rings. The Bertz CT molecular complexity index is 213. The lowest BCUT2D eigenvalue weighted by atomic mass is 9.93. The van der Waals surface area contributed by atoms with Crippen LogP contribution in [-0.4, -0.2) is 22.2 Å². The first-order chi connectivity index (χ1) is 6.45. The van der Waals surface area contributed by atoms with Crippen LogP contribution in [0.5, 0.6) is 0 Å². The van der Waals surface area contributed by atoms with Crippen LogP contribution in [0.3, 0.4) is 0 Å². The second-order valence-electron chi connectivity index (χ2n) is 3.77. The normalized spacial score (nSPS) is 14.6. The minimum Gasteiger partial charge on any atom is -0.285 e. The van der Waals surface area contributed by atoms with Gasteiger partial charge in [-0.3, -0.25) is 10.0 Å². The van der Waals surface area contributed by atoms with Gasteiger partial charge < -0.3 is 0 Å². The Labute approximate surface area is 86.4 Å². The number of hydrogen-bond acceptors (Lipinski definition) is 2. The summed E-state index contributed by atoms with van der Waals surface area (Å²) in [4.78, 5) is 11.3. The molecule has 0 fully saturated rings. The molecule has 0 aliphatic carbocycles. The monoisotopic (exact) mass is 199 g/mol. The van der Waals surface area contributed by atoms with Crippen LogP contribution in [0.1, 0.15) is 40.5 Å². The maximum Gasteiger partial charge on any atom is 0.246 e. The summed E-state index contributed by atoms with van der Waals surface area (Å²) in [6.45, 7) is 11.4. The van der Waals surface area contributed by atoms with Crippen molar-refractivity contribution < 1.29 is 10.0 Å². The summed E-state index contributed by atoms with van der Waals surface area (Å²) < 4.78 is 0. The Kier molecular flexibility index (Phi) is 5.46. The van der Waals surface area contributed by atoms with E-state index in [0.29, 0.717) is 6.42 Å². The number of carbonyl (C=O) groups is 1. The fraction of sp³-hybridized carbons (Fsp3) is 0.727. The molecule has 0 aliphatic rings. The van der Waals surface area contributed by atoms with Crippen molar-refractivity contribution in [2.75, 3.05) is 0 Å². The van der Waals surface area contributed by atoms with Gasteiger partial charge >= 0.3 is 0 Å². The van der Waals surface area contributed by atoms with Gasteiger partial charge in [0.05, 0.1) is 6.04 Å². The zero-order valence-corrected chi connectivity index (χ0v) is 9.58. The van der Waals surface area contributed by atoms with Gasteiger partial charge in [0.1, 0.15) is 0 Å². The van der Waals surface area contributed by atoms with Crippen LogP contribution in [0.4, 0.5) is 0 Å². The summed E-state index contributed by atoms with van der Waals surface area (Å²) in [6, 6.07) is -0.257. The maximum absolute atomic E-state index is 11.3. The molecule has 2 unspecified atom stereocenters. The quantitative estimate of drug-likeness (QED) is 0.420. The third-order valence-corrected chi connectivity index (χ3v) is 2.51. The van der Waals surface area contributed by atoms with E-state index in [9.17, 15) is 10.0 Å². The Morgan fingerprint density at radius 2 is 2.00 bits per heavy atom. The molecule has 82 valence electrons. The van der Waals surface area contributed by atoms with E-state index in [0.717, 1.165) is 17.1 Å². The Morgan fingerprint density at radius 3 is 2.29 bits per heavy atom. The van der Waals surface area contributed by atoms with Gasteiger partial charge in [-0.2, -0.15) is 0 Å². The largest absolute Gasteiger partial charge is 0.285 e. The first-order valence-electron chi connectivity index (χ1n) is 5.11. The van der Waals surface area contributed by atoms with Crippen LogP contribution < -0.4 is 0 Å². The molecule has 3 nitrogen and oxygen atoms in total. The number of hydrogen-bond donors (Lipinski definition) is 1. The van der Waals surface area contributed by atoms with Crippen molar-refractivity contribution in [3.63, 3.8) is 0 Å². The van der Waals surface area contributed by atoms with E-state index < -0.39 is 0 Å². The standard InChI is InChI=1S/C11H21NO2/c1-6-9(5)11(8(3)4)12(14)10(13)7-2/h9,11,14H,3,6-7H2,1-2,4-5H3. The van der Waals surface area contributed by atoms with Crippen molar-refractivity contribution in [3.05, 3.63) is 12.2 Å². The molecule has 2 atom stereocenters. The minimum absolute atomic E-state index is 0.230. The van der Waals surface area contributed by atoms with Crippen molar-refractivity contribution in [2.45, 2.75) is 46.6 Å². The Balaban J connectivity index is 4.65. The predicted molar refractivity (Wildman–Crippen MR) is 57.0 cm³/mol. The highest BCUT2D eigenvalue weighted by Crippen LogP contribution is 2.20. The van der Waals surface area contributed by atoms with Crippen molar-refractivity contribution in [3.8, 4) is 0 Å². The van der Waals surface area contributed by atoms with E-state index >= 15 is 0 Å². The lowest BCUT2D eigenvalue weighted by molar-refractivity contribution is -0.176. The lowest BCUT2D eigenvalue weighted by Crippen LogP contribution is -2.41. The van der Waals surface area contributed by atoms with Crippen LogP contribution >= 0.6 is 0 Å². The van der Waals surface area contributed by atoms with E-state index in [4.69, 9.17) is 0 Å². The van der Waals surface area contributed by atoms with Crippen molar-refractivity contribution in [1.29, 1.82) is 0 Å². The van der Waals surface area contributed by atoms with Gasteiger partial charge in [0, 0.05) is 6.42 Å². The van der Waals surface area contributed by atoms with E-state index in [1.165, 1.54) is 0 Å². The fourth-order valence-corrected chi connectivity index (χ4v) is 1.48. The molecule has 0 rings (SSSR count). The predicted octanol–water partition coefficient (Wildman–Crippen LogP) is 2.61. The molecule has 3 heteroatoms. The summed E-state index contributed by atoms with van der Waals surface area (Å²) in [5.74, 6) is -0.0219. The summed E-state index contributed by atoms with van der Waals surface area (Å²) in [7, 11) is 0. The smallest absolute Gasteiger partial charge is 0.246 e. The molecule has 0 aromatic carbocycles. The van der Waals surface area contributed by atoms with Crippen molar-refractivity contribution in [2.24, 2.45) is 5.92 Å². The number of rotatable bonds is 5. The number of nitrogens with zero attached hydrogens (tertiary/aromatic N) is 1. The van der Waals surface area contributed by atoms with Gasteiger partial charge in [-0.1, -0.05) is 39.3 Å². The molecule has 0 saturated heterocycles. The highest BCUT2D eigenvalue weighted by atomic mass is 16.5. The minimum atomic E-state index is -0.257. The molecular weight excluding hydrogens is 178 g/mol. The topological polar surface area (TPSA) is 40.5 Å². The molecule has 0 saturated carbocycles. The van der Waals surface area contributed by atoms with Crippen LogP contribution in [0, 0.1) is 5.92 Å². The molecule has 0 spiro atoms.